The first-order valence-corrected chi connectivity index (χ1v) is 5.90. The van der Waals surface area contributed by atoms with Crippen LogP contribution >= 0.6 is 11.6 Å². The maximum absolute atomic E-state index is 11.6. The minimum absolute atomic E-state index is 0.115. The van der Waals surface area contributed by atoms with Crippen molar-refractivity contribution in [1.29, 1.82) is 0 Å². The predicted molar refractivity (Wildman–Crippen MR) is 69.7 cm³/mol. The molecule has 1 aromatic rings. The second kappa shape index (κ2) is 6.98. The van der Waals surface area contributed by atoms with Crippen molar-refractivity contribution in [3.8, 4) is 0 Å². The van der Waals surface area contributed by atoms with Crippen LogP contribution in [0.2, 0.25) is 5.02 Å². The topological polar surface area (TPSA) is 81.4 Å². The Labute approximate surface area is 110 Å². The van der Waals surface area contributed by atoms with Crippen LogP contribution in [0.3, 0.4) is 0 Å². The largest absolute Gasteiger partial charge is 0.381 e. The van der Waals surface area contributed by atoms with Crippen molar-refractivity contribution in [3.63, 3.8) is 0 Å². The van der Waals surface area contributed by atoms with Crippen molar-refractivity contribution in [3.05, 3.63) is 28.8 Å². The zero-order valence-corrected chi connectivity index (χ0v) is 10.8. The minimum atomic E-state index is -0.680. The highest BCUT2D eigenvalue weighted by molar-refractivity contribution is 6.34. The van der Waals surface area contributed by atoms with Gasteiger partial charge >= 0.3 is 0 Å². The van der Waals surface area contributed by atoms with Crippen LogP contribution in [-0.2, 0) is 9.53 Å². The number of nitrogens with two attached hydrogens (primary N) is 1. The summed E-state index contributed by atoms with van der Waals surface area (Å²) in [7, 11) is 0. The molecule has 0 atom stereocenters. The number of hydrogen-bond donors (Lipinski definition) is 2. The van der Waals surface area contributed by atoms with Gasteiger partial charge < -0.3 is 15.8 Å². The number of benzene rings is 1. The summed E-state index contributed by atoms with van der Waals surface area (Å²) in [5, 5.41) is 2.80. The van der Waals surface area contributed by atoms with Crippen LogP contribution in [-0.4, -0.2) is 25.0 Å². The molecule has 98 valence electrons. The summed E-state index contributed by atoms with van der Waals surface area (Å²) in [6.45, 7) is 2.73. The van der Waals surface area contributed by atoms with Gasteiger partial charge in [0.1, 0.15) is 0 Å². The lowest BCUT2D eigenvalue weighted by molar-refractivity contribution is -0.117. The molecule has 0 aliphatic heterocycles. The Morgan fingerprint density at radius 1 is 1.44 bits per heavy atom. The van der Waals surface area contributed by atoms with E-state index in [-0.39, 0.29) is 22.9 Å². The highest BCUT2D eigenvalue weighted by Crippen LogP contribution is 2.23. The minimum Gasteiger partial charge on any atom is -0.381 e. The van der Waals surface area contributed by atoms with Crippen molar-refractivity contribution in [2.45, 2.75) is 13.3 Å². The summed E-state index contributed by atoms with van der Waals surface area (Å²) in [5.41, 5.74) is 5.64. The number of anilines is 1. The Kier molecular flexibility index (Phi) is 5.61. The summed E-state index contributed by atoms with van der Waals surface area (Å²) in [6, 6.07) is 4.75. The van der Waals surface area contributed by atoms with Crippen LogP contribution in [0.25, 0.3) is 0 Å². The SMILES string of the molecule is CCOCCC(=O)Nc1cccc(Cl)c1C(N)=O. The van der Waals surface area contributed by atoms with Crippen molar-refractivity contribution in [2.75, 3.05) is 18.5 Å². The molecule has 3 N–H and O–H groups in total. The highest BCUT2D eigenvalue weighted by atomic mass is 35.5. The number of amides is 2. The summed E-state index contributed by atoms with van der Waals surface area (Å²) < 4.78 is 5.06. The Balaban J connectivity index is 2.75. The number of ether oxygens (including phenoxy) is 1. The molecule has 0 aliphatic carbocycles. The van der Waals surface area contributed by atoms with E-state index < -0.39 is 5.91 Å². The molecular weight excluding hydrogens is 256 g/mol. The first-order chi connectivity index (χ1) is 8.56. The summed E-state index contributed by atoms with van der Waals surface area (Å²) in [5.74, 6) is -0.936. The Morgan fingerprint density at radius 3 is 2.78 bits per heavy atom. The normalized spacial score (nSPS) is 10.1. The van der Waals surface area contributed by atoms with Gasteiger partial charge in [-0.15, -0.1) is 0 Å². The maximum atomic E-state index is 11.6. The van der Waals surface area contributed by atoms with Crippen molar-refractivity contribution in [1.82, 2.24) is 0 Å². The van der Waals surface area contributed by atoms with Crippen LogP contribution in [0.15, 0.2) is 18.2 Å². The maximum Gasteiger partial charge on any atom is 0.252 e. The molecule has 0 unspecified atom stereocenters. The molecule has 0 fully saturated rings. The van der Waals surface area contributed by atoms with Crippen LogP contribution < -0.4 is 11.1 Å². The molecule has 5 nitrogen and oxygen atoms in total. The molecule has 6 heteroatoms. The van der Waals surface area contributed by atoms with Crippen LogP contribution in [0.4, 0.5) is 5.69 Å². The monoisotopic (exact) mass is 270 g/mol. The van der Waals surface area contributed by atoms with E-state index in [1.807, 2.05) is 6.92 Å². The fourth-order valence-corrected chi connectivity index (χ4v) is 1.67. The number of rotatable bonds is 6. The van der Waals surface area contributed by atoms with E-state index in [9.17, 15) is 9.59 Å². The molecule has 0 radical (unpaired) electrons. The smallest absolute Gasteiger partial charge is 0.252 e. The van der Waals surface area contributed by atoms with E-state index in [0.717, 1.165) is 0 Å². The number of halogens is 1. The van der Waals surface area contributed by atoms with Crippen molar-refractivity contribution in [2.24, 2.45) is 5.73 Å². The van der Waals surface area contributed by atoms with E-state index in [1.165, 1.54) is 6.07 Å². The van der Waals surface area contributed by atoms with Gasteiger partial charge in [0.25, 0.3) is 5.91 Å². The molecule has 0 bridgehead atoms. The molecule has 0 heterocycles. The third kappa shape index (κ3) is 4.01. The van der Waals surface area contributed by atoms with Crippen molar-refractivity contribution >= 4 is 29.1 Å². The molecule has 0 saturated carbocycles. The van der Waals surface area contributed by atoms with E-state index in [4.69, 9.17) is 22.1 Å². The van der Waals surface area contributed by atoms with E-state index in [2.05, 4.69) is 5.32 Å². The molecule has 1 aromatic carbocycles. The van der Waals surface area contributed by atoms with Crippen LogP contribution in [0, 0.1) is 0 Å². The molecule has 2 amide bonds. The summed E-state index contributed by atoms with van der Waals surface area (Å²) in [4.78, 5) is 22.8. The van der Waals surface area contributed by atoms with Gasteiger partial charge in [-0.05, 0) is 19.1 Å². The average Bonchev–Trinajstić information content (AvgIpc) is 2.28. The zero-order valence-electron chi connectivity index (χ0n) is 10.0. The quantitative estimate of drug-likeness (QED) is 0.774. The van der Waals surface area contributed by atoms with Gasteiger partial charge in [0.2, 0.25) is 5.91 Å². The summed E-state index contributed by atoms with van der Waals surface area (Å²) in [6.07, 6.45) is 0.207. The standard InChI is InChI=1S/C12H15ClN2O3/c1-2-18-7-6-10(16)15-9-5-3-4-8(13)11(9)12(14)17/h3-5H,2,6-7H2,1H3,(H2,14,17)(H,15,16). The first-order valence-electron chi connectivity index (χ1n) is 5.52. The van der Waals surface area contributed by atoms with Crippen molar-refractivity contribution < 1.29 is 14.3 Å². The van der Waals surface area contributed by atoms with Gasteiger partial charge in [0, 0.05) is 6.61 Å². The Bertz CT molecular complexity index is 449. The van der Waals surface area contributed by atoms with Gasteiger partial charge in [0.05, 0.1) is 29.3 Å². The van der Waals surface area contributed by atoms with E-state index >= 15 is 0 Å². The van der Waals surface area contributed by atoms with Crippen LogP contribution in [0.1, 0.15) is 23.7 Å². The Hall–Kier alpha value is -1.59. The van der Waals surface area contributed by atoms with Gasteiger partial charge in [0.15, 0.2) is 0 Å². The third-order valence-corrected chi connectivity index (χ3v) is 2.53. The van der Waals surface area contributed by atoms with E-state index in [0.29, 0.717) is 18.9 Å². The summed E-state index contributed by atoms with van der Waals surface area (Å²) >= 11 is 5.86. The number of primary amides is 1. The predicted octanol–water partition coefficient (Wildman–Crippen LogP) is 1.80. The fourth-order valence-electron chi connectivity index (χ4n) is 1.40. The number of nitrogens with one attached hydrogen (secondary N) is 1. The second-order valence-electron chi connectivity index (χ2n) is 3.52. The van der Waals surface area contributed by atoms with Gasteiger partial charge in [-0.3, -0.25) is 9.59 Å². The Morgan fingerprint density at radius 2 is 2.17 bits per heavy atom. The lowest BCUT2D eigenvalue weighted by Gasteiger charge is -2.10. The first kappa shape index (κ1) is 14.5. The second-order valence-corrected chi connectivity index (χ2v) is 3.93. The third-order valence-electron chi connectivity index (χ3n) is 2.21. The van der Waals surface area contributed by atoms with E-state index in [1.54, 1.807) is 12.1 Å². The molecule has 18 heavy (non-hydrogen) atoms. The number of carbonyl (C=O) groups is 2. The highest BCUT2D eigenvalue weighted by Gasteiger charge is 2.14. The molecular formula is C12H15ClN2O3. The molecule has 1 rings (SSSR count). The number of hydrogen-bond acceptors (Lipinski definition) is 3. The zero-order chi connectivity index (χ0) is 13.5. The molecule has 0 spiro atoms. The lowest BCUT2D eigenvalue weighted by Crippen LogP contribution is -2.19. The fraction of sp³-hybridized carbons (Fsp3) is 0.333. The van der Waals surface area contributed by atoms with Crippen LogP contribution in [0.5, 0.6) is 0 Å². The van der Waals surface area contributed by atoms with Gasteiger partial charge in [-0.1, -0.05) is 17.7 Å². The molecule has 0 aliphatic rings. The number of carbonyl (C=O) groups excluding carboxylic acids is 2. The molecule has 0 aromatic heterocycles. The van der Waals surface area contributed by atoms with Gasteiger partial charge in [-0.2, -0.15) is 0 Å². The lowest BCUT2D eigenvalue weighted by atomic mass is 10.1. The van der Waals surface area contributed by atoms with Gasteiger partial charge in [-0.25, -0.2) is 0 Å². The molecule has 0 saturated heterocycles. The average molecular weight is 271 g/mol.